The molecule has 0 amide bonds. The van der Waals surface area contributed by atoms with Gasteiger partial charge in [0.05, 0.1) is 4.75 Å². The van der Waals surface area contributed by atoms with E-state index in [9.17, 15) is 0 Å². The molecule has 4 heteroatoms. The van der Waals surface area contributed by atoms with E-state index >= 15 is 0 Å². The highest BCUT2D eigenvalue weighted by Gasteiger charge is 2.23. The number of nitrogens with zero attached hydrogens (tertiary/aromatic N) is 2. The summed E-state index contributed by atoms with van der Waals surface area (Å²) in [6.45, 7) is 6.27. The minimum Gasteiger partial charge on any atom is -0.384 e. The van der Waals surface area contributed by atoms with Gasteiger partial charge in [0.25, 0.3) is 0 Å². The van der Waals surface area contributed by atoms with Crippen LogP contribution in [0.2, 0.25) is 0 Å². The van der Waals surface area contributed by atoms with E-state index in [1.54, 1.807) is 11.8 Å². The molecule has 3 nitrogen and oxygen atoms in total. The Morgan fingerprint density at radius 2 is 2.07 bits per heavy atom. The van der Waals surface area contributed by atoms with Crippen molar-refractivity contribution in [1.29, 1.82) is 0 Å². The molecule has 0 spiro atoms. The van der Waals surface area contributed by atoms with Crippen LogP contribution in [0, 0.1) is 0 Å². The predicted molar refractivity (Wildman–Crippen MR) is 62.4 cm³/mol. The lowest BCUT2D eigenvalue weighted by molar-refractivity contribution is 0.701. The van der Waals surface area contributed by atoms with Crippen LogP contribution in [0.1, 0.15) is 32.3 Å². The first-order valence-electron chi connectivity index (χ1n) is 4.68. The van der Waals surface area contributed by atoms with E-state index in [1.165, 1.54) is 0 Å². The predicted octanol–water partition coefficient (Wildman–Crippen LogP) is 2.22. The van der Waals surface area contributed by atoms with Crippen LogP contribution in [0.5, 0.6) is 0 Å². The van der Waals surface area contributed by atoms with Crippen LogP contribution in [0.4, 0.5) is 5.82 Å². The van der Waals surface area contributed by atoms with Crippen molar-refractivity contribution in [2.45, 2.75) is 31.9 Å². The first-order valence-corrected chi connectivity index (χ1v) is 5.91. The van der Waals surface area contributed by atoms with Crippen LogP contribution < -0.4 is 5.73 Å². The SMILES string of the molecule is CCc1cc(N)nc(C(C)(C)SC)n1. The lowest BCUT2D eigenvalue weighted by Gasteiger charge is -2.20. The van der Waals surface area contributed by atoms with Gasteiger partial charge in [0.2, 0.25) is 0 Å². The first kappa shape index (κ1) is 11.3. The highest BCUT2D eigenvalue weighted by molar-refractivity contribution is 7.99. The van der Waals surface area contributed by atoms with Crippen LogP contribution in [-0.2, 0) is 11.2 Å². The lowest BCUT2D eigenvalue weighted by atomic mass is 10.2. The third kappa shape index (κ3) is 2.38. The minimum atomic E-state index is -0.0701. The third-order valence-electron chi connectivity index (χ3n) is 2.21. The number of nitrogens with two attached hydrogens (primary N) is 1. The molecular weight excluding hydrogens is 194 g/mol. The van der Waals surface area contributed by atoms with Crippen molar-refractivity contribution < 1.29 is 0 Å². The van der Waals surface area contributed by atoms with E-state index in [0.29, 0.717) is 5.82 Å². The molecule has 0 radical (unpaired) electrons. The lowest BCUT2D eigenvalue weighted by Crippen LogP contribution is -2.17. The van der Waals surface area contributed by atoms with Crippen molar-refractivity contribution in [1.82, 2.24) is 9.97 Å². The molecule has 1 aromatic heterocycles. The smallest absolute Gasteiger partial charge is 0.146 e. The number of anilines is 1. The number of rotatable bonds is 3. The number of aromatic nitrogens is 2. The van der Waals surface area contributed by atoms with E-state index in [2.05, 4.69) is 37.0 Å². The van der Waals surface area contributed by atoms with Gasteiger partial charge >= 0.3 is 0 Å². The molecule has 14 heavy (non-hydrogen) atoms. The molecule has 1 heterocycles. The Labute approximate surface area is 89.5 Å². The molecule has 2 N–H and O–H groups in total. The quantitative estimate of drug-likeness (QED) is 0.833. The van der Waals surface area contributed by atoms with Crippen molar-refractivity contribution in [3.05, 3.63) is 17.6 Å². The highest BCUT2D eigenvalue weighted by atomic mass is 32.2. The van der Waals surface area contributed by atoms with E-state index in [-0.39, 0.29) is 4.75 Å². The second kappa shape index (κ2) is 4.17. The maximum Gasteiger partial charge on any atom is 0.146 e. The molecule has 1 aromatic rings. The Bertz CT molecular complexity index is 323. The van der Waals surface area contributed by atoms with E-state index < -0.39 is 0 Å². The fourth-order valence-corrected chi connectivity index (χ4v) is 1.33. The van der Waals surface area contributed by atoms with Gasteiger partial charge in [0, 0.05) is 11.8 Å². The van der Waals surface area contributed by atoms with Crippen molar-refractivity contribution in [3.8, 4) is 0 Å². The summed E-state index contributed by atoms with van der Waals surface area (Å²) in [7, 11) is 0. The monoisotopic (exact) mass is 211 g/mol. The summed E-state index contributed by atoms with van der Waals surface area (Å²) in [6.07, 6.45) is 2.95. The van der Waals surface area contributed by atoms with Gasteiger partial charge in [-0.15, -0.1) is 0 Å². The van der Waals surface area contributed by atoms with E-state index in [4.69, 9.17) is 5.73 Å². The van der Waals surface area contributed by atoms with Crippen molar-refractivity contribution in [2.24, 2.45) is 0 Å². The Morgan fingerprint density at radius 3 is 2.57 bits per heavy atom. The number of aryl methyl sites for hydroxylation is 1. The fraction of sp³-hybridized carbons (Fsp3) is 0.600. The van der Waals surface area contributed by atoms with E-state index in [0.717, 1.165) is 17.9 Å². The van der Waals surface area contributed by atoms with Crippen molar-refractivity contribution in [3.63, 3.8) is 0 Å². The largest absolute Gasteiger partial charge is 0.384 e. The summed E-state index contributed by atoms with van der Waals surface area (Å²) in [5.74, 6) is 1.39. The van der Waals surface area contributed by atoms with Crippen LogP contribution in [0.25, 0.3) is 0 Å². The Hall–Kier alpha value is -0.770. The zero-order valence-electron chi connectivity index (χ0n) is 9.16. The standard InChI is InChI=1S/C10H17N3S/c1-5-7-6-8(11)13-9(12-7)10(2,3)14-4/h6H,5H2,1-4H3,(H2,11,12,13). The maximum absolute atomic E-state index is 5.73. The molecule has 0 atom stereocenters. The number of hydrogen-bond donors (Lipinski definition) is 1. The fourth-order valence-electron chi connectivity index (χ4n) is 1.06. The third-order valence-corrected chi connectivity index (χ3v) is 3.41. The normalized spacial score (nSPS) is 11.7. The molecule has 0 aliphatic rings. The topological polar surface area (TPSA) is 51.8 Å². The average Bonchev–Trinajstić information content (AvgIpc) is 2.16. The first-order chi connectivity index (χ1) is 6.49. The summed E-state index contributed by atoms with van der Waals surface area (Å²) in [5, 5.41) is 0. The molecule has 0 saturated heterocycles. The summed E-state index contributed by atoms with van der Waals surface area (Å²) < 4.78 is -0.0701. The van der Waals surface area contributed by atoms with Crippen LogP contribution in [0.3, 0.4) is 0 Å². The summed E-state index contributed by atoms with van der Waals surface area (Å²) >= 11 is 1.73. The highest BCUT2D eigenvalue weighted by Crippen LogP contribution is 2.31. The molecule has 0 aliphatic heterocycles. The molecule has 0 unspecified atom stereocenters. The molecule has 0 bridgehead atoms. The van der Waals surface area contributed by atoms with Gasteiger partial charge in [-0.05, 0) is 26.5 Å². The second-order valence-corrected chi connectivity index (χ2v) is 5.10. The Kier molecular flexibility index (Phi) is 3.37. The van der Waals surface area contributed by atoms with Gasteiger partial charge in [-0.3, -0.25) is 0 Å². The van der Waals surface area contributed by atoms with Gasteiger partial charge in [-0.25, -0.2) is 9.97 Å². The Balaban J connectivity index is 3.15. The summed E-state index contributed by atoms with van der Waals surface area (Å²) in [5.41, 5.74) is 6.73. The average molecular weight is 211 g/mol. The molecule has 0 aromatic carbocycles. The second-order valence-electron chi connectivity index (χ2n) is 3.68. The number of hydrogen-bond acceptors (Lipinski definition) is 4. The molecular formula is C10H17N3S. The Morgan fingerprint density at radius 1 is 1.43 bits per heavy atom. The molecule has 0 aliphatic carbocycles. The maximum atomic E-state index is 5.73. The van der Waals surface area contributed by atoms with Crippen molar-refractivity contribution >= 4 is 17.6 Å². The molecule has 78 valence electrons. The zero-order valence-corrected chi connectivity index (χ0v) is 9.98. The van der Waals surface area contributed by atoms with Gasteiger partial charge in [0.1, 0.15) is 11.6 Å². The number of thioether (sulfide) groups is 1. The minimum absolute atomic E-state index is 0.0701. The van der Waals surface area contributed by atoms with Gasteiger partial charge in [0.15, 0.2) is 0 Å². The molecule has 0 saturated carbocycles. The van der Waals surface area contributed by atoms with Gasteiger partial charge in [-0.1, -0.05) is 6.92 Å². The van der Waals surface area contributed by atoms with E-state index in [1.807, 2.05) is 6.07 Å². The summed E-state index contributed by atoms with van der Waals surface area (Å²) in [4.78, 5) is 8.75. The number of nitrogen functional groups attached to an aromatic ring is 1. The van der Waals surface area contributed by atoms with Crippen molar-refractivity contribution in [2.75, 3.05) is 12.0 Å². The summed E-state index contributed by atoms with van der Waals surface area (Å²) in [6, 6.07) is 1.83. The van der Waals surface area contributed by atoms with Gasteiger partial charge < -0.3 is 5.73 Å². The zero-order chi connectivity index (χ0) is 10.8. The van der Waals surface area contributed by atoms with Gasteiger partial charge in [-0.2, -0.15) is 11.8 Å². The van der Waals surface area contributed by atoms with Crippen LogP contribution in [0.15, 0.2) is 6.07 Å². The van der Waals surface area contributed by atoms with Crippen LogP contribution >= 0.6 is 11.8 Å². The molecule has 0 fully saturated rings. The van der Waals surface area contributed by atoms with Crippen LogP contribution in [-0.4, -0.2) is 16.2 Å². The molecule has 1 rings (SSSR count).